The molecule has 2 heterocycles. The highest BCUT2D eigenvalue weighted by molar-refractivity contribution is 5.73. The number of benzene rings is 1. The molecule has 0 spiro atoms. The van der Waals surface area contributed by atoms with E-state index in [2.05, 4.69) is 44.9 Å². The first kappa shape index (κ1) is 13.9. The second-order valence-electron chi connectivity index (χ2n) is 5.64. The van der Waals surface area contributed by atoms with Gasteiger partial charge in [-0.1, -0.05) is 36.4 Å². The van der Waals surface area contributed by atoms with Crippen LogP contribution in [0.2, 0.25) is 0 Å². The fraction of sp³-hybridized carbons (Fsp3) is 0.211. The third-order valence-corrected chi connectivity index (χ3v) is 3.95. The van der Waals surface area contributed by atoms with Gasteiger partial charge in [-0.3, -0.25) is 9.88 Å². The van der Waals surface area contributed by atoms with Crippen LogP contribution >= 0.6 is 0 Å². The molecule has 0 saturated heterocycles. The summed E-state index contributed by atoms with van der Waals surface area (Å²) in [7, 11) is 0. The van der Waals surface area contributed by atoms with Crippen LogP contribution in [0.1, 0.15) is 17.0 Å². The van der Waals surface area contributed by atoms with Gasteiger partial charge >= 0.3 is 0 Å². The van der Waals surface area contributed by atoms with Crippen LogP contribution in [0.4, 0.5) is 0 Å². The molecule has 2 aromatic rings. The van der Waals surface area contributed by atoms with Crippen LogP contribution in [0.5, 0.6) is 5.88 Å². The maximum absolute atomic E-state index is 5.83. The number of rotatable bonds is 3. The van der Waals surface area contributed by atoms with E-state index in [0.29, 0.717) is 12.5 Å². The Morgan fingerprint density at radius 2 is 2.13 bits per heavy atom. The third kappa shape index (κ3) is 3.09. The van der Waals surface area contributed by atoms with Crippen molar-refractivity contribution >= 4 is 5.57 Å². The Balaban J connectivity index is 1.55. The Bertz CT molecular complexity index is 805. The fourth-order valence-corrected chi connectivity index (χ4v) is 2.78. The highest BCUT2D eigenvalue weighted by atomic mass is 16.5. The van der Waals surface area contributed by atoms with Crippen molar-refractivity contribution in [3.8, 4) is 5.88 Å². The summed E-state index contributed by atoms with van der Waals surface area (Å²) >= 11 is 0. The number of ether oxygens (including phenoxy) is 1. The van der Waals surface area contributed by atoms with Crippen LogP contribution in [0.15, 0.2) is 60.5 Å². The van der Waals surface area contributed by atoms with Crippen molar-refractivity contribution in [1.29, 1.82) is 0 Å². The lowest BCUT2D eigenvalue weighted by Gasteiger charge is -2.18. The van der Waals surface area contributed by atoms with Crippen molar-refractivity contribution in [1.82, 2.24) is 14.9 Å². The summed E-state index contributed by atoms with van der Waals surface area (Å²) in [6, 6.07) is 10.5. The predicted molar refractivity (Wildman–Crippen MR) is 88.7 cm³/mol. The van der Waals surface area contributed by atoms with Gasteiger partial charge in [-0.25, -0.2) is 4.98 Å². The van der Waals surface area contributed by atoms with Crippen molar-refractivity contribution in [2.24, 2.45) is 0 Å². The molecular weight excluding hydrogens is 286 g/mol. The van der Waals surface area contributed by atoms with Crippen molar-refractivity contribution in [3.63, 3.8) is 0 Å². The van der Waals surface area contributed by atoms with Gasteiger partial charge in [0.1, 0.15) is 18.0 Å². The molecule has 4 heteroatoms. The summed E-state index contributed by atoms with van der Waals surface area (Å²) in [6.07, 6.45) is 7.62. The standard InChI is InChI=1S/C19H17N3O/c1-2-6-15(7-3-1)13-22-10-11-23-19-18(14-22)20-12-17(21-19)16-8-4-5-9-16/h1-8,12H,10-11,13-14H2. The summed E-state index contributed by atoms with van der Waals surface area (Å²) in [5.41, 5.74) is 7.11. The van der Waals surface area contributed by atoms with Gasteiger partial charge in [0.2, 0.25) is 5.88 Å². The van der Waals surface area contributed by atoms with Crippen LogP contribution in [0, 0.1) is 0 Å². The maximum Gasteiger partial charge on any atom is 0.237 e. The van der Waals surface area contributed by atoms with Crippen LogP contribution in [0.3, 0.4) is 0 Å². The minimum atomic E-state index is 0.628. The zero-order chi connectivity index (χ0) is 15.5. The summed E-state index contributed by atoms with van der Waals surface area (Å²) in [6.45, 7) is 3.14. The van der Waals surface area contributed by atoms with Crippen molar-refractivity contribution < 1.29 is 4.74 Å². The summed E-state index contributed by atoms with van der Waals surface area (Å²) in [5.74, 6) is 0.646. The quantitative estimate of drug-likeness (QED) is 0.817. The van der Waals surface area contributed by atoms with Crippen molar-refractivity contribution in [2.45, 2.75) is 13.1 Å². The molecule has 114 valence electrons. The Hall–Kier alpha value is -2.68. The predicted octanol–water partition coefficient (Wildman–Crippen LogP) is 2.98. The minimum absolute atomic E-state index is 0.628. The molecule has 1 aliphatic carbocycles. The Labute approximate surface area is 135 Å². The summed E-state index contributed by atoms with van der Waals surface area (Å²) in [5, 5.41) is 0. The smallest absolute Gasteiger partial charge is 0.237 e. The zero-order valence-corrected chi connectivity index (χ0v) is 12.8. The fourth-order valence-electron chi connectivity index (χ4n) is 2.78. The van der Waals surface area contributed by atoms with Crippen LogP contribution in [-0.2, 0) is 13.1 Å². The number of allylic oxidation sites excluding steroid dienone is 3. The SMILES string of the molecule is C1=CC=CC=1c1cnc2c(n1)OCCN(Cc1ccccc1)C2. The highest BCUT2D eigenvalue weighted by Crippen LogP contribution is 2.23. The third-order valence-electron chi connectivity index (χ3n) is 3.95. The lowest BCUT2D eigenvalue weighted by molar-refractivity contribution is 0.217. The van der Waals surface area contributed by atoms with Gasteiger partial charge in [0.05, 0.1) is 6.20 Å². The van der Waals surface area contributed by atoms with E-state index in [9.17, 15) is 0 Å². The topological polar surface area (TPSA) is 38.3 Å². The summed E-state index contributed by atoms with van der Waals surface area (Å²) in [4.78, 5) is 11.5. The largest absolute Gasteiger partial charge is 0.475 e. The first-order chi connectivity index (χ1) is 11.4. The molecule has 1 aromatic carbocycles. The molecule has 0 radical (unpaired) electrons. The van der Waals surface area contributed by atoms with Gasteiger partial charge in [0.25, 0.3) is 0 Å². The Morgan fingerprint density at radius 3 is 2.96 bits per heavy atom. The number of hydrogen-bond donors (Lipinski definition) is 0. The molecule has 4 nitrogen and oxygen atoms in total. The average Bonchev–Trinajstić information content (AvgIpc) is 3.04. The highest BCUT2D eigenvalue weighted by Gasteiger charge is 2.19. The van der Waals surface area contributed by atoms with Gasteiger partial charge in [0.15, 0.2) is 0 Å². The molecule has 23 heavy (non-hydrogen) atoms. The number of fused-ring (bicyclic) bond motifs is 1. The van der Waals surface area contributed by atoms with Gasteiger partial charge in [-0.2, -0.15) is 0 Å². The van der Waals surface area contributed by atoms with E-state index in [1.165, 1.54) is 5.56 Å². The van der Waals surface area contributed by atoms with Gasteiger partial charge < -0.3 is 4.74 Å². The molecular formula is C19H17N3O. The van der Waals surface area contributed by atoms with E-state index in [4.69, 9.17) is 4.74 Å². The van der Waals surface area contributed by atoms with E-state index >= 15 is 0 Å². The number of hydrogen-bond acceptors (Lipinski definition) is 4. The molecule has 4 rings (SSSR count). The summed E-state index contributed by atoms with van der Waals surface area (Å²) < 4.78 is 5.83. The Kier molecular flexibility index (Phi) is 3.76. The number of aromatic nitrogens is 2. The van der Waals surface area contributed by atoms with Gasteiger partial charge in [-0.05, 0) is 17.7 Å². The second kappa shape index (κ2) is 6.21. The molecule has 0 fully saturated rings. The average molecular weight is 303 g/mol. The lowest BCUT2D eigenvalue weighted by atomic mass is 10.2. The molecule has 0 saturated carbocycles. The van der Waals surface area contributed by atoms with E-state index < -0.39 is 0 Å². The van der Waals surface area contributed by atoms with Gasteiger partial charge in [0, 0.05) is 25.2 Å². The van der Waals surface area contributed by atoms with Crippen LogP contribution < -0.4 is 4.74 Å². The normalized spacial score (nSPS) is 16.6. The molecule has 2 aliphatic rings. The maximum atomic E-state index is 5.83. The monoisotopic (exact) mass is 303 g/mol. The van der Waals surface area contributed by atoms with E-state index in [0.717, 1.165) is 36.6 Å². The molecule has 0 N–H and O–H groups in total. The van der Waals surface area contributed by atoms with Crippen LogP contribution in [-0.4, -0.2) is 28.0 Å². The molecule has 0 atom stereocenters. The van der Waals surface area contributed by atoms with Gasteiger partial charge in [-0.15, -0.1) is 5.73 Å². The second-order valence-corrected chi connectivity index (χ2v) is 5.64. The molecule has 1 aromatic heterocycles. The van der Waals surface area contributed by atoms with Crippen LogP contribution in [0.25, 0.3) is 5.57 Å². The van der Waals surface area contributed by atoms with E-state index in [1.807, 2.05) is 24.3 Å². The first-order valence-electron chi connectivity index (χ1n) is 7.77. The minimum Gasteiger partial charge on any atom is -0.475 e. The van der Waals surface area contributed by atoms with E-state index in [-0.39, 0.29) is 0 Å². The molecule has 0 bridgehead atoms. The molecule has 0 unspecified atom stereocenters. The first-order valence-corrected chi connectivity index (χ1v) is 7.77. The van der Waals surface area contributed by atoms with Crippen molar-refractivity contribution in [3.05, 3.63) is 77.4 Å². The van der Waals surface area contributed by atoms with E-state index in [1.54, 1.807) is 6.20 Å². The Morgan fingerprint density at radius 1 is 1.22 bits per heavy atom. The number of nitrogens with zero attached hydrogens (tertiary/aromatic N) is 3. The molecule has 1 aliphatic heterocycles. The van der Waals surface area contributed by atoms with Crippen molar-refractivity contribution in [2.75, 3.05) is 13.2 Å². The zero-order valence-electron chi connectivity index (χ0n) is 12.8. The molecule has 0 amide bonds. The lowest BCUT2D eigenvalue weighted by Crippen LogP contribution is -2.25.